The van der Waals surface area contributed by atoms with Crippen molar-refractivity contribution in [1.29, 1.82) is 0 Å². The molecule has 0 aliphatic carbocycles. The van der Waals surface area contributed by atoms with Crippen molar-refractivity contribution in [1.82, 2.24) is 4.31 Å². The molecule has 2 unspecified atom stereocenters. The smallest absolute Gasteiger partial charge is 0.243 e. The maximum absolute atomic E-state index is 13.2. The summed E-state index contributed by atoms with van der Waals surface area (Å²) in [7, 11) is -3.55. The molecule has 3 aliphatic rings. The van der Waals surface area contributed by atoms with Crippen LogP contribution in [0.5, 0.6) is 0 Å². The third kappa shape index (κ3) is 2.88. The van der Waals surface area contributed by atoms with Gasteiger partial charge in [-0.15, -0.1) is 0 Å². The molecule has 1 fully saturated rings. The van der Waals surface area contributed by atoms with Crippen LogP contribution in [0.1, 0.15) is 37.8 Å². The van der Waals surface area contributed by atoms with E-state index in [1.54, 1.807) is 12.1 Å². The Hall–Kier alpha value is -1.44. The first-order chi connectivity index (χ1) is 11.9. The Balaban J connectivity index is 1.75. The van der Waals surface area contributed by atoms with Gasteiger partial charge < -0.3 is 9.64 Å². The van der Waals surface area contributed by atoms with E-state index in [0.29, 0.717) is 30.8 Å². The van der Waals surface area contributed by atoms with Crippen LogP contribution < -0.4 is 4.90 Å². The van der Waals surface area contributed by atoms with Crippen LogP contribution >= 0.6 is 0 Å². The molecule has 2 atom stereocenters. The Morgan fingerprint density at radius 3 is 2.36 bits per heavy atom. The summed E-state index contributed by atoms with van der Waals surface area (Å²) in [5, 5.41) is 0. The lowest BCUT2D eigenvalue weighted by atomic mass is 9.92. The van der Waals surface area contributed by atoms with E-state index in [0.717, 1.165) is 36.2 Å². The predicted octanol–water partition coefficient (Wildman–Crippen LogP) is 1.71. The molecule has 1 saturated heterocycles. The van der Waals surface area contributed by atoms with Gasteiger partial charge in [-0.3, -0.25) is 4.79 Å². The summed E-state index contributed by atoms with van der Waals surface area (Å²) >= 11 is 0. The van der Waals surface area contributed by atoms with E-state index >= 15 is 0 Å². The second-order valence-electron chi connectivity index (χ2n) is 7.32. The van der Waals surface area contributed by atoms with E-state index in [2.05, 4.69) is 0 Å². The van der Waals surface area contributed by atoms with E-state index in [1.807, 2.05) is 18.7 Å². The van der Waals surface area contributed by atoms with E-state index in [9.17, 15) is 13.2 Å². The summed E-state index contributed by atoms with van der Waals surface area (Å²) in [4.78, 5) is 14.4. The number of amides is 1. The van der Waals surface area contributed by atoms with Gasteiger partial charge in [-0.1, -0.05) is 0 Å². The molecule has 0 spiro atoms. The maximum atomic E-state index is 13.2. The van der Waals surface area contributed by atoms with Crippen molar-refractivity contribution in [2.45, 2.75) is 56.6 Å². The summed E-state index contributed by atoms with van der Waals surface area (Å²) in [6.07, 6.45) is 2.57. The van der Waals surface area contributed by atoms with Gasteiger partial charge in [-0.25, -0.2) is 8.42 Å². The molecule has 3 heterocycles. The minimum absolute atomic E-state index is 0.109. The third-order valence-electron chi connectivity index (χ3n) is 5.27. The van der Waals surface area contributed by atoms with E-state index in [4.69, 9.17) is 4.74 Å². The fraction of sp³-hybridized carbons (Fsp3) is 0.611. The van der Waals surface area contributed by atoms with E-state index in [-0.39, 0.29) is 18.1 Å². The summed E-state index contributed by atoms with van der Waals surface area (Å²) in [6, 6.07) is 3.56. The number of anilines is 1. The Bertz CT molecular complexity index is 793. The number of benzene rings is 1. The minimum Gasteiger partial charge on any atom is -0.373 e. The number of nitrogens with zero attached hydrogens (tertiary/aromatic N) is 2. The van der Waals surface area contributed by atoms with Crippen molar-refractivity contribution in [2.75, 3.05) is 24.5 Å². The Morgan fingerprint density at radius 1 is 1.04 bits per heavy atom. The van der Waals surface area contributed by atoms with Crippen LogP contribution in [0.15, 0.2) is 17.0 Å². The number of carbonyl (C=O) groups excluding carboxylic acids is 1. The molecular formula is C18H24N2O4S. The first kappa shape index (κ1) is 17.0. The zero-order valence-corrected chi connectivity index (χ0v) is 15.5. The van der Waals surface area contributed by atoms with Crippen molar-refractivity contribution in [3.8, 4) is 0 Å². The zero-order valence-electron chi connectivity index (χ0n) is 14.7. The first-order valence-corrected chi connectivity index (χ1v) is 10.4. The molecule has 1 amide bonds. The van der Waals surface area contributed by atoms with Crippen molar-refractivity contribution < 1.29 is 17.9 Å². The van der Waals surface area contributed by atoms with Gasteiger partial charge >= 0.3 is 0 Å². The molecule has 1 aromatic rings. The Labute approximate surface area is 148 Å². The van der Waals surface area contributed by atoms with Crippen LogP contribution in [0.25, 0.3) is 0 Å². The molecule has 0 aromatic heterocycles. The fourth-order valence-corrected chi connectivity index (χ4v) is 5.94. The quantitative estimate of drug-likeness (QED) is 0.801. The number of hydrogen-bond donors (Lipinski definition) is 0. The standard InChI is InChI=1S/C18H24N2O4S/c1-12-10-19(11-13(2)24-12)25(22,23)16-8-14-4-3-7-20-17(21)6-5-15(9-16)18(14)20/h8-9,12-13H,3-7,10-11H2,1-2H3. The number of ether oxygens (including phenoxy) is 1. The topological polar surface area (TPSA) is 66.9 Å². The van der Waals surface area contributed by atoms with Crippen LogP contribution in [-0.4, -0.2) is 50.5 Å². The highest BCUT2D eigenvalue weighted by Crippen LogP contribution is 2.38. The molecular weight excluding hydrogens is 340 g/mol. The van der Waals surface area contributed by atoms with Gasteiger partial charge in [0, 0.05) is 26.1 Å². The van der Waals surface area contributed by atoms with Crippen molar-refractivity contribution >= 4 is 21.6 Å². The lowest BCUT2D eigenvalue weighted by Crippen LogP contribution is -2.48. The number of hydrogen-bond acceptors (Lipinski definition) is 4. The van der Waals surface area contributed by atoms with Gasteiger partial charge in [0.05, 0.1) is 22.8 Å². The third-order valence-corrected chi connectivity index (χ3v) is 7.08. The van der Waals surface area contributed by atoms with Crippen molar-refractivity contribution in [2.24, 2.45) is 0 Å². The van der Waals surface area contributed by atoms with Crippen molar-refractivity contribution in [3.05, 3.63) is 23.3 Å². The normalized spacial score (nSPS) is 27.3. The highest BCUT2D eigenvalue weighted by molar-refractivity contribution is 7.89. The lowest BCUT2D eigenvalue weighted by Gasteiger charge is -2.37. The second kappa shape index (κ2) is 6.07. The zero-order chi connectivity index (χ0) is 17.8. The van der Waals surface area contributed by atoms with Crippen LogP contribution in [0, 0.1) is 0 Å². The lowest BCUT2D eigenvalue weighted by molar-refractivity contribution is -0.119. The SMILES string of the molecule is CC1CN(S(=O)(=O)c2cc3c4c(c2)CCC(=O)N4CCC3)CC(C)O1. The van der Waals surface area contributed by atoms with Gasteiger partial charge in [-0.05, 0) is 56.4 Å². The second-order valence-corrected chi connectivity index (χ2v) is 9.26. The molecule has 6 nitrogen and oxygen atoms in total. The van der Waals surface area contributed by atoms with Gasteiger partial charge in [0.15, 0.2) is 0 Å². The Kier molecular flexibility index (Phi) is 4.13. The average molecular weight is 364 g/mol. The number of rotatable bonds is 2. The van der Waals surface area contributed by atoms with Gasteiger partial charge in [0.25, 0.3) is 0 Å². The molecule has 0 bridgehead atoms. The molecule has 0 N–H and O–H groups in total. The Morgan fingerprint density at radius 2 is 1.68 bits per heavy atom. The monoisotopic (exact) mass is 364 g/mol. The van der Waals surface area contributed by atoms with E-state index < -0.39 is 10.0 Å². The van der Waals surface area contributed by atoms with Gasteiger partial charge in [0.1, 0.15) is 0 Å². The molecule has 0 saturated carbocycles. The summed E-state index contributed by atoms with van der Waals surface area (Å²) in [5.74, 6) is 0.153. The molecule has 4 rings (SSSR count). The molecule has 136 valence electrons. The number of morpholine rings is 1. The molecule has 1 aromatic carbocycles. The van der Waals surface area contributed by atoms with Crippen LogP contribution in [-0.2, 0) is 32.4 Å². The fourth-order valence-electron chi connectivity index (χ4n) is 4.25. The highest BCUT2D eigenvalue weighted by Gasteiger charge is 2.35. The van der Waals surface area contributed by atoms with Crippen LogP contribution in [0.4, 0.5) is 5.69 Å². The maximum Gasteiger partial charge on any atom is 0.243 e. The molecule has 25 heavy (non-hydrogen) atoms. The van der Waals surface area contributed by atoms with E-state index in [1.165, 1.54) is 4.31 Å². The summed E-state index contributed by atoms with van der Waals surface area (Å²) < 4.78 is 33.6. The first-order valence-electron chi connectivity index (χ1n) is 8.98. The number of sulfonamides is 1. The van der Waals surface area contributed by atoms with Gasteiger partial charge in [-0.2, -0.15) is 4.31 Å². The van der Waals surface area contributed by atoms with Crippen LogP contribution in [0.2, 0.25) is 0 Å². The van der Waals surface area contributed by atoms with Gasteiger partial charge in [0.2, 0.25) is 15.9 Å². The minimum atomic E-state index is -3.55. The molecule has 7 heteroatoms. The highest BCUT2D eigenvalue weighted by atomic mass is 32.2. The number of carbonyl (C=O) groups is 1. The number of aryl methyl sites for hydroxylation is 2. The molecule has 0 radical (unpaired) electrons. The molecule has 3 aliphatic heterocycles. The predicted molar refractivity (Wildman–Crippen MR) is 94.2 cm³/mol. The van der Waals surface area contributed by atoms with Crippen molar-refractivity contribution in [3.63, 3.8) is 0 Å². The average Bonchev–Trinajstić information content (AvgIpc) is 2.57. The largest absolute Gasteiger partial charge is 0.373 e. The summed E-state index contributed by atoms with van der Waals surface area (Å²) in [5.41, 5.74) is 2.94. The van der Waals surface area contributed by atoms with Crippen LogP contribution in [0.3, 0.4) is 0 Å². The summed E-state index contributed by atoms with van der Waals surface area (Å²) in [6.45, 7) is 5.30.